The van der Waals surface area contributed by atoms with Crippen molar-refractivity contribution >= 4 is 80.9 Å². The molecule has 2 amide bonds. The molecule has 0 aliphatic carbocycles. The number of anilines is 2. The van der Waals surface area contributed by atoms with E-state index in [2.05, 4.69) is 12.1 Å². The number of carbonyl (C=O) groups is 2. The minimum Gasteiger partial charge on any atom is -0.293 e. The molecule has 1 fully saturated rings. The van der Waals surface area contributed by atoms with Gasteiger partial charge in [-0.25, -0.2) is 0 Å². The predicted octanol–water partition coefficient (Wildman–Crippen LogP) is 7.93. The Hall–Kier alpha value is -2.58. The van der Waals surface area contributed by atoms with E-state index in [1.807, 2.05) is 59.5 Å². The van der Waals surface area contributed by atoms with Crippen molar-refractivity contribution in [3.63, 3.8) is 0 Å². The van der Waals surface area contributed by atoms with Gasteiger partial charge in [-0.1, -0.05) is 90.2 Å². The molecule has 2 heterocycles. The second-order valence-electron chi connectivity index (χ2n) is 8.46. The number of carbonyl (C=O) groups excluding carboxylic acids is 2. The lowest BCUT2D eigenvalue weighted by Gasteiger charge is -2.31. The number of nitrogens with zero attached hydrogens (tertiary/aromatic N) is 2. The summed E-state index contributed by atoms with van der Waals surface area (Å²) in [4.78, 5) is 32.5. The van der Waals surface area contributed by atoms with Crippen LogP contribution in [0.2, 0.25) is 5.02 Å². The van der Waals surface area contributed by atoms with Crippen molar-refractivity contribution in [3.8, 4) is 0 Å². The first-order valence-corrected chi connectivity index (χ1v) is 14.1. The third-order valence-electron chi connectivity index (χ3n) is 6.00. The molecule has 4 nitrogen and oxygen atoms in total. The molecule has 182 valence electrons. The molecule has 3 aromatic carbocycles. The van der Waals surface area contributed by atoms with Gasteiger partial charge in [0.05, 0.1) is 16.3 Å². The van der Waals surface area contributed by atoms with Crippen LogP contribution < -0.4 is 4.90 Å². The Morgan fingerprint density at radius 1 is 0.861 bits per heavy atom. The van der Waals surface area contributed by atoms with Gasteiger partial charge >= 0.3 is 0 Å². The van der Waals surface area contributed by atoms with E-state index in [1.54, 1.807) is 28.8 Å². The van der Waals surface area contributed by atoms with Crippen LogP contribution in [0.3, 0.4) is 0 Å². The third-order valence-corrected chi connectivity index (χ3v) is 8.76. The second-order valence-corrected chi connectivity index (χ2v) is 11.7. The first kappa shape index (κ1) is 25.1. The summed E-state index contributed by atoms with van der Waals surface area (Å²) in [5.41, 5.74) is 2.80. The lowest BCUT2D eigenvalue weighted by atomic mass is 10.1. The maximum Gasteiger partial charge on any atom is 0.266 e. The maximum atomic E-state index is 13.3. The Morgan fingerprint density at radius 3 is 2.17 bits per heavy atom. The third kappa shape index (κ3) is 5.39. The van der Waals surface area contributed by atoms with Crippen LogP contribution >= 0.6 is 47.3 Å². The number of rotatable bonds is 7. The van der Waals surface area contributed by atoms with Crippen molar-refractivity contribution in [1.82, 2.24) is 4.90 Å². The van der Waals surface area contributed by atoms with Crippen LogP contribution in [-0.4, -0.2) is 27.6 Å². The molecular formula is C28H23ClN2O2S3. The lowest BCUT2D eigenvalue weighted by Crippen LogP contribution is -2.29. The summed E-state index contributed by atoms with van der Waals surface area (Å²) in [6.07, 6.45) is 4.67. The molecule has 0 bridgehead atoms. The highest BCUT2D eigenvalue weighted by Gasteiger charge is 2.31. The molecule has 5 rings (SSSR count). The first-order chi connectivity index (χ1) is 17.5. The van der Waals surface area contributed by atoms with Crippen molar-refractivity contribution in [2.75, 3.05) is 11.4 Å². The van der Waals surface area contributed by atoms with Crippen molar-refractivity contribution in [1.29, 1.82) is 0 Å². The van der Waals surface area contributed by atoms with Crippen molar-refractivity contribution < 1.29 is 9.59 Å². The van der Waals surface area contributed by atoms with Crippen LogP contribution in [-0.2, 0) is 9.59 Å². The van der Waals surface area contributed by atoms with Gasteiger partial charge < -0.3 is 0 Å². The molecule has 1 saturated heterocycles. The molecule has 0 aromatic heterocycles. The zero-order valence-electron chi connectivity index (χ0n) is 19.4. The Bertz CT molecular complexity index is 1310. The van der Waals surface area contributed by atoms with E-state index in [-0.39, 0.29) is 11.8 Å². The molecule has 0 radical (unpaired) electrons. The van der Waals surface area contributed by atoms with Crippen LogP contribution in [0.5, 0.6) is 0 Å². The summed E-state index contributed by atoms with van der Waals surface area (Å²) in [6, 6.07) is 23.4. The largest absolute Gasteiger partial charge is 0.293 e. The van der Waals surface area contributed by atoms with Crippen LogP contribution in [0.1, 0.15) is 31.2 Å². The number of hydrogen-bond donors (Lipinski definition) is 0. The van der Waals surface area contributed by atoms with Crippen LogP contribution in [0.15, 0.2) is 87.5 Å². The predicted molar refractivity (Wildman–Crippen MR) is 154 cm³/mol. The zero-order valence-corrected chi connectivity index (χ0v) is 22.6. The highest BCUT2D eigenvalue weighted by Crippen LogP contribution is 2.48. The highest BCUT2D eigenvalue weighted by molar-refractivity contribution is 8.26. The fourth-order valence-corrected chi connectivity index (χ4v) is 6.70. The quantitative estimate of drug-likeness (QED) is 0.170. The summed E-state index contributed by atoms with van der Waals surface area (Å²) in [6.45, 7) is 0.558. The van der Waals surface area contributed by atoms with Crippen molar-refractivity contribution in [3.05, 3.63) is 88.3 Å². The topological polar surface area (TPSA) is 40.6 Å². The summed E-state index contributed by atoms with van der Waals surface area (Å²) in [5, 5.41) is 0.658. The van der Waals surface area contributed by atoms with Gasteiger partial charge in [-0.3, -0.25) is 19.4 Å². The number of fused-ring (bicyclic) bond motifs is 2. The Kier molecular flexibility index (Phi) is 7.82. The molecule has 2 aliphatic rings. The average molecular weight is 551 g/mol. The number of para-hydroxylation sites is 2. The standard InChI is InChI=1S/C28H23ClN2O2S3/c29-20-15-13-19(14-16-20)18-25-27(33)30(28(34)36-25)17-7-1-2-12-26(32)31-21-8-3-5-10-23(21)35-24-11-6-4-9-22(24)31/h3-6,8-11,13-16,18H,1-2,7,12,17H2/b25-18+. The number of thioether (sulfide) groups is 1. The summed E-state index contributed by atoms with van der Waals surface area (Å²) in [5.74, 6) is 0.0294. The van der Waals surface area contributed by atoms with E-state index in [0.29, 0.717) is 27.2 Å². The molecule has 8 heteroatoms. The van der Waals surface area contributed by atoms with E-state index >= 15 is 0 Å². The van der Waals surface area contributed by atoms with E-state index in [0.717, 1.165) is 46.0 Å². The molecule has 36 heavy (non-hydrogen) atoms. The maximum absolute atomic E-state index is 13.3. The van der Waals surface area contributed by atoms with E-state index in [9.17, 15) is 9.59 Å². The van der Waals surface area contributed by atoms with Crippen molar-refractivity contribution in [2.45, 2.75) is 35.5 Å². The molecule has 0 unspecified atom stereocenters. The first-order valence-electron chi connectivity index (χ1n) is 11.7. The number of unbranched alkanes of at least 4 members (excludes halogenated alkanes) is 2. The lowest BCUT2D eigenvalue weighted by molar-refractivity contribution is -0.122. The average Bonchev–Trinajstić information content (AvgIpc) is 3.15. The summed E-state index contributed by atoms with van der Waals surface area (Å²) in [7, 11) is 0. The number of halogens is 1. The minimum atomic E-state index is -0.0601. The van der Waals surface area contributed by atoms with Gasteiger partial charge in [-0.05, 0) is 60.9 Å². The smallest absolute Gasteiger partial charge is 0.266 e. The molecule has 0 atom stereocenters. The minimum absolute atomic E-state index is 0.0601. The van der Waals surface area contributed by atoms with Crippen molar-refractivity contribution in [2.24, 2.45) is 0 Å². The van der Waals surface area contributed by atoms with Gasteiger partial charge in [0.25, 0.3) is 5.91 Å². The highest BCUT2D eigenvalue weighted by atomic mass is 35.5. The Labute approximate surface area is 229 Å². The molecule has 0 N–H and O–H groups in total. The summed E-state index contributed by atoms with van der Waals surface area (Å²) >= 11 is 14.4. The van der Waals surface area contributed by atoms with Crippen LogP contribution in [0.25, 0.3) is 6.08 Å². The number of amides is 2. The van der Waals surface area contributed by atoms with Gasteiger partial charge in [0.15, 0.2) is 0 Å². The van der Waals surface area contributed by atoms with Crippen LogP contribution in [0.4, 0.5) is 11.4 Å². The van der Waals surface area contributed by atoms with E-state index in [1.165, 1.54) is 11.8 Å². The van der Waals surface area contributed by atoms with E-state index < -0.39 is 0 Å². The zero-order chi connectivity index (χ0) is 25.1. The van der Waals surface area contributed by atoms with Gasteiger partial charge in [-0.2, -0.15) is 0 Å². The molecule has 0 spiro atoms. The normalized spacial score (nSPS) is 15.9. The molecule has 2 aliphatic heterocycles. The number of hydrogen-bond acceptors (Lipinski definition) is 5. The number of benzene rings is 3. The molecular weight excluding hydrogens is 528 g/mol. The monoisotopic (exact) mass is 550 g/mol. The molecule has 0 saturated carbocycles. The van der Waals surface area contributed by atoms with Gasteiger partial charge in [0, 0.05) is 27.8 Å². The Balaban J connectivity index is 1.15. The van der Waals surface area contributed by atoms with Crippen LogP contribution in [0, 0.1) is 0 Å². The van der Waals surface area contributed by atoms with Gasteiger partial charge in [-0.15, -0.1) is 0 Å². The summed E-state index contributed by atoms with van der Waals surface area (Å²) < 4.78 is 0.579. The SMILES string of the molecule is O=C1/C(=C\c2ccc(Cl)cc2)SC(=S)N1CCCCCC(=O)N1c2ccccc2Sc2ccccc21. The fraction of sp³-hybridized carbons (Fsp3) is 0.179. The molecule has 3 aromatic rings. The Morgan fingerprint density at radius 2 is 1.50 bits per heavy atom. The second kappa shape index (κ2) is 11.2. The van der Waals surface area contributed by atoms with Gasteiger partial charge in [0.1, 0.15) is 4.32 Å². The van der Waals surface area contributed by atoms with Gasteiger partial charge in [0.2, 0.25) is 5.91 Å². The van der Waals surface area contributed by atoms with E-state index in [4.69, 9.17) is 23.8 Å². The fourth-order valence-electron chi connectivity index (χ4n) is 4.21. The number of thiocarbonyl (C=S) groups is 1.